The highest BCUT2D eigenvalue weighted by molar-refractivity contribution is 5.98. The fourth-order valence-electron chi connectivity index (χ4n) is 3.27. The number of urea groups is 1. The van der Waals surface area contributed by atoms with Gasteiger partial charge in [0.15, 0.2) is 0 Å². The molecule has 0 atom stereocenters. The van der Waals surface area contributed by atoms with Crippen LogP contribution in [-0.2, 0) is 11.3 Å². The molecule has 0 spiro atoms. The lowest BCUT2D eigenvalue weighted by atomic mass is 10.1. The Morgan fingerprint density at radius 1 is 1.14 bits per heavy atom. The molecule has 6 nitrogen and oxygen atoms in total. The number of nitrogens with zero attached hydrogens (tertiary/aromatic N) is 2. The molecule has 1 saturated heterocycles. The summed E-state index contributed by atoms with van der Waals surface area (Å²) in [6.07, 6.45) is 0.891. The molecular formula is C22H27N3O3. The van der Waals surface area contributed by atoms with Crippen molar-refractivity contribution >= 4 is 17.6 Å². The molecule has 2 aromatic carbocycles. The number of hydrogen-bond donors (Lipinski definition) is 1. The minimum atomic E-state index is -0.167. The number of anilines is 1. The second-order valence-electron chi connectivity index (χ2n) is 6.99. The van der Waals surface area contributed by atoms with Crippen LogP contribution in [0.3, 0.4) is 0 Å². The monoisotopic (exact) mass is 381 g/mol. The molecule has 1 aliphatic heterocycles. The molecule has 2 aromatic rings. The van der Waals surface area contributed by atoms with Crippen molar-refractivity contribution < 1.29 is 14.3 Å². The van der Waals surface area contributed by atoms with Crippen LogP contribution >= 0.6 is 0 Å². The summed E-state index contributed by atoms with van der Waals surface area (Å²) in [7, 11) is 1.59. The van der Waals surface area contributed by atoms with E-state index in [1.165, 1.54) is 5.56 Å². The van der Waals surface area contributed by atoms with Gasteiger partial charge in [0, 0.05) is 44.5 Å². The van der Waals surface area contributed by atoms with E-state index in [9.17, 15) is 9.59 Å². The maximum Gasteiger partial charge on any atom is 0.324 e. The highest BCUT2D eigenvalue weighted by Gasteiger charge is 2.27. The van der Waals surface area contributed by atoms with Gasteiger partial charge >= 0.3 is 6.03 Å². The summed E-state index contributed by atoms with van der Waals surface area (Å²) in [5.74, 6) is -0.167. The van der Waals surface area contributed by atoms with Crippen molar-refractivity contribution in [2.75, 3.05) is 38.3 Å². The number of hydrogen-bond acceptors (Lipinski definition) is 3. The zero-order valence-electron chi connectivity index (χ0n) is 16.5. The van der Waals surface area contributed by atoms with Crippen molar-refractivity contribution in [1.82, 2.24) is 10.2 Å². The van der Waals surface area contributed by atoms with E-state index in [0.29, 0.717) is 31.8 Å². The van der Waals surface area contributed by atoms with Crippen molar-refractivity contribution in [3.05, 3.63) is 65.2 Å². The number of nitrogens with one attached hydrogen (secondary N) is 1. The maximum atomic E-state index is 13.0. The molecule has 148 valence electrons. The van der Waals surface area contributed by atoms with Gasteiger partial charge in [-0.2, -0.15) is 0 Å². The first-order chi connectivity index (χ1) is 13.6. The van der Waals surface area contributed by atoms with Crippen molar-refractivity contribution in [3.63, 3.8) is 0 Å². The summed E-state index contributed by atoms with van der Waals surface area (Å²) < 4.78 is 4.96. The topological polar surface area (TPSA) is 61.9 Å². The number of methoxy groups -OCH3 is 1. The molecular weight excluding hydrogens is 354 g/mol. The van der Waals surface area contributed by atoms with Crippen molar-refractivity contribution in [1.29, 1.82) is 0 Å². The van der Waals surface area contributed by atoms with E-state index in [0.717, 1.165) is 24.2 Å². The first-order valence-electron chi connectivity index (χ1n) is 9.57. The Balaban J connectivity index is 1.70. The zero-order chi connectivity index (χ0) is 19.9. The Morgan fingerprint density at radius 2 is 1.93 bits per heavy atom. The van der Waals surface area contributed by atoms with Gasteiger partial charge in [-0.05, 0) is 37.1 Å². The van der Waals surface area contributed by atoms with Crippen molar-refractivity contribution in [2.45, 2.75) is 19.9 Å². The van der Waals surface area contributed by atoms with Gasteiger partial charge in [-0.3, -0.25) is 9.69 Å². The molecule has 0 bridgehead atoms. The van der Waals surface area contributed by atoms with Crippen LogP contribution in [0.5, 0.6) is 0 Å². The Bertz CT molecular complexity index is 820. The third-order valence-corrected chi connectivity index (χ3v) is 4.82. The molecule has 0 unspecified atom stereocenters. The highest BCUT2D eigenvalue weighted by atomic mass is 16.5. The van der Waals surface area contributed by atoms with Gasteiger partial charge in [0.1, 0.15) is 0 Å². The number of carbonyl (C=O) groups is 2. The summed E-state index contributed by atoms with van der Waals surface area (Å²) in [5.41, 5.74) is 3.61. The summed E-state index contributed by atoms with van der Waals surface area (Å²) in [6.45, 7) is 4.94. The average molecular weight is 381 g/mol. The molecule has 3 rings (SSSR count). The fourth-order valence-corrected chi connectivity index (χ4v) is 3.27. The smallest absolute Gasteiger partial charge is 0.324 e. The molecule has 0 saturated carbocycles. The van der Waals surface area contributed by atoms with Crippen molar-refractivity contribution in [2.24, 2.45) is 0 Å². The number of benzene rings is 2. The predicted molar refractivity (Wildman–Crippen MR) is 110 cm³/mol. The second kappa shape index (κ2) is 9.37. The summed E-state index contributed by atoms with van der Waals surface area (Å²) in [5, 5.41) is 2.81. The van der Waals surface area contributed by atoms with Crippen LogP contribution in [-0.4, -0.2) is 50.2 Å². The van der Waals surface area contributed by atoms with E-state index < -0.39 is 0 Å². The van der Waals surface area contributed by atoms with E-state index in [4.69, 9.17) is 4.74 Å². The fraction of sp³-hybridized carbons (Fsp3) is 0.364. The molecule has 0 aliphatic carbocycles. The highest BCUT2D eigenvalue weighted by Crippen LogP contribution is 2.22. The van der Waals surface area contributed by atoms with Crippen LogP contribution in [0.1, 0.15) is 27.9 Å². The molecule has 3 amide bonds. The molecule has 0 radical (unpaired) electrons. The first-order valence-corrected chi connectivity index (χ1v) is 9.57. The largest absolute Gasteiger partial charge is 0.383 e. The van der Waals surface area contributed by atoms with E-state index in [2.05, 4.69) is 36.5 Å². The van der Waals surface area contributed by atoms with Crippen LogP contribution < -0.4 is 10.2 Å². The normalized spacial score (nSPS) is 14.3. The lowest BCUT2D eigenvalue weighted by molar-refractivity contribution is 0.0937. The van der Waals surface area contributed by atoms with Crippen LogP contribution in [0.15, 0.2) is 48.5 Å². The minimum absolute atomic E-state index is 0.0243. The summed E-state index contributed by atoms with van der Waals surface area (Å²) >= 11 is 0. The molecule has 6 heteroatoms. The van der Waals surface area contributed by atoms with Gasteiger partial charge in [-0.25, -0.2) is 4.79 Å². The Morgan fingerprint density at radius 3 is 2.68 bits per heavy atom. The quantitative estimate of drug-likeness (QED) is 0.749. The number of aryl methyl sites for hydroxylation is 1. The van der Waals surface area contributed by atoms with E-state index in [-0.39, 0.29) is 11.9 Å². The minimum Gasteiger partial charge on any atom is -0.383 e. The van der Waals surface area contributed by atoms with Gasteiger partial charge in [0.2, 0.25) is 0 Å². The summed E-state index contributed by atoms with van der Waals surface area (Å²) in [4.78, 5) is 28.9. The van der Waals surface area contributed by atoms with Gasteiger partial charge in [-0.15, -0.1) is 0 Å². The Kier molecular flexibility index (Phi) is 6.66. The van der Waals surface area contributed by atoms with Gasteiger partial charge in [0.25, 0.3) is 5.91 Å². The molecule has 1 aliphatic rings. The molecule has 0 aromatic heterocycles. The number of ether oxygens (including phenoxy) is 1. The lowest BCUT2D eigenvalue weighted by Gasteiger charge is -2.36. The SMILES string of the molecule is COCCNC(=O)c1cccc(N2CCCN(Cc3ccc(C)cc3)C2=O)c1. The summed E-state index contributed by atoms with van der Waals surface area (Å²) in [6, 6.07) is 15.4. The number of rotatable bonds is 7. The van der Waals surface area contributed by atoms with Gasteiger partial charge in [-0.1, -0.05) is 35.9 Å². The van der Waals surface area contributed by atoms with Crippen LogP contribution in [0, 0.1) is 6.92 Å². The maximum absolute atomic E-state index is 13.0. The molecule has 1 N–H and O–H groups in total. The third-order valence-electron chi connectivity index (χ3n) is 4.82. The van der Waals surface area contributed by atoms with Gasteiger partial charge in [0.05, 0.1) is 6.61 Å². The van der Waals surface area contributed by atoms with E-state index in [1.807, 2.05) is 17.0 Å². The van der Waals surface area contributed by atoms with Crippen LogP contribution in [0.2, 0.25) is 0 Å². The Hall–Kier alpha value is -2.86. The number of carbonyl (C=O) groups excluding carboxylic acids is 2. The number of amides is 3. The molecule has 1 fully saturated rings. The Labute approximate surface area is 166 Å². The van der Waals surface area contributed by atoms with Crippen molar-refractivity contribution in [3.8, 4) is 0 Å². The third kappa shape index (κ3) is 4.89. The van der Waals surface area contributed by atoms with E-state index in [1.54, 1.807) is 24.1 Å². The standard InChI is InChI=1S/C22H27N3O3/c1-17-7-9-18(10-8-17)16-24-12-4-13-25(22(24)27)20-6-3-5-19(15-20)21(26)23-11-14-28-2/h3,5-10,15H,4,11-14,16H2,1-2H3,(H,23,26). The molecule has 1 heterocycles. The van der Waals surface area contributed by atoms with Crippen LogP contribution in [0.25, 0.3) is 0 Å². The lowest BCUT2D eigenvalue weighted by Crippen LogP contribution is -2.49. The second-order valence-corrected chi connectivity index (χ2v) is 6.99. The predicted octanol–water partition coefficient (Wildman–Crippen LogP) is 3.20. The average Bonchev–Trinajstić information content (AvgIpc) is 2.71. The zero-order valence-corrected chi connectivity index (χ0v) is 16.5. The van der Waals surface area contributed by atoms with Gasteiger partial charge < -0.3 is 15.0 Å². The molecule has 28 heavy (non-hydrogen) atoms. The van der Waals surface area contributed by atoms with E-state index >= 15 is 0 Å². The van der Waals surface area contributed by atoms with Crippen LogP contribution in [0.4, 0.5) is 10.5 Å². The first kappa shape index (κ1) is 19.9.